The fraction of sp³-hybridized carbons (Fsp3) is 0.600. The Labute approximate surface area is 126 Å². The summed E-state index contributed by atoms with van der Waals surface area (Å²) in [7, 11) is -3.63. The number of hydrogen-bond donors (Lipinski definition) is 3. The van der Waals surface area contributed by atoms with Crippen molar-refractivity contribution in [2.24, 2.45) is 5.92 Å². The number of nitrogens with one attached hydrogen (secondary N) is 1. The van der Waals surface area contributed by atoms with E-state index in [-0.39, 0.29) is 11.4 Å². The molecule has 21 heavy (non-hydrogen) atoms. The molecule has 1 aromatic rings. The van der Waals surface area contributed by atoms with Crippen molar-refractivity contribution < 1.29 is 13.5 Å². The molecule has 0 aliphatic heterocycles. The second-order valence-electron chi connectivity index (χ2n) is 6.28. The zero-order valence-corrected chi connectivity index (χ0v) is 13.4. The molecule has 4 N–H and O–H groups in total. The quantitative estimate of drug-likeness (QED) is 0.739. The Kier molecular flexibility index (Phi) is 4.60. The van der Waals surface area contributed by atoms with E-state index < -0.39 is 15.6 Å². The van der Waals surface area contributed by atoms with Gasteiger partial charge in [0.15, 0.2) is 0 Å². The lowest BCUT2D eigenvalue weighted by Gasteiger charge is -2.35. The number of nitrogen functional groups attached to an aromatic ring is 1. The summed E-state index contributed by atoms with van der Waals surface area (Å²) in [4.78, 5) is 0.212. The summed E-state index contributed by atoms with van der Waals surface area (Å²) < 4.78 is 27.3. The van der Waals surface area contributed by atoms with E-state index in [9.17, 15) is 13.5 Å². The maximum absolute atomic E-state index is 12.4. The molecule has 0 heterocycles. The van der Waals surface area contributed by atoms with E-state index in [4.69, 9.17) is 5.73 Å². The Morgan fingerprint density at radius 2 is 2.19 bits per heavy atom. The van der Waals surface area contributed by atoms with Crippen LogP contribution < -0.4 is 10.5 Å². The first kappa shape index (κ1) is 16.3. The van der Waals surface area contributed by atoms with E-state index in [1.807, 2.05) is 0 Å². The Bertz CT molecular complexity index is 615. The molecule has 0 aromatic heterocycles. The summed E-state index contributed by atoms with van der Waals surface area (Å²) in [5.41, 5.74) is 5.84. The Balaban J connectivity index is 2.11. The van der Waals surface area contributed by atoms with E-state index in [1.54, 1.807) is 19.1 Å². The number of rotatable bonds is 4. The van der Waals surface area contributed by atoms with Crippen molar-refractivity contribution in [2.75, 3.05) is 12.3 Å². The van der Waals surface area contributed by atoms with Gasteiger partial charge in [-0.3, -0.25) is 0 Å². The van der Waals surface area contributed by atoms with Crippen molar-refractivity contribution in [1.82, 2.24) is 4.72 Å². The van der Waals surface area contributed by atoms with Gasteiger partial charge < -0.3 is 10.8 Å². The first-order chi connectivity index (χ1) is 9.72. The van der Waals surface area contributed by atoms with Crippen LogP contribution in [0.5, 0.6) is 0 Å². The van der Waals surface area contributed by atoms with Crippen molar-refractivity contribution in [3.63, 3.8) is 0 Å². The van der Waals surface area contributed by atoms with Crippen LogP contribution in [0.1, 0.15) is 38.2 Å². The van der Waals surface area contributed by atoms with Gasteiger partial charge >= 0.3 is 0 Å². The number of nitrogens with two attached hydrogens (primary N) is 1. The predicted octanol–water partition coefficient (Wildman–Crippen LogP) is 1.80. The van der Waals surface area contributed by atoms with Gasteiger partial charge in [-0.2, -0.15) is 0 Å². The molecule has 0 bridgehead atoms. The van der Waals surface area contributed by atoms with Crippen LogP contribution in [0.3, 0.4) is 0 Å². The number of anilines is 1. The van der Waals surface area contributed by atoms with E-state index in [0.717, 1.165) is 12.8 Å². The van der Waals surface area contributed by atoms with Crippen LogP contribution in [0, 0.1) is 12.8 Å². The van der Waals surface area contributed by atoms with Crippen molar-refractivity contribution in [3.05, 3.63) is 23.8 Å². The maximum Gasteiger partial charge on any atom is 0.240 e. The molecule has 1 fully saturated rings. The molecule has 2 rings (SSSR count). The van der Waals surface area contributed by atoms with E-state index in [0.29, 0.717) is 30.0 Å². The summed E-state index contributed by atoms with van der Waals surface area (Å²) in [6.45, 7) is 3.86. The fourth-order valence-corrected chi connectivity index (χ4v) is 4.42. The van der Waals surface area contributed by atoms with E-state index in [2.05, 4.69) is 11.6 Å². The average molecular weight is 312 g/mol. The molecule has 118 valence electrons. The highest BCUT2D eigenvalue weighted by atomic mass is 32.2. The highest BCUT2D eigenvalue weighted by Crippen LogP contribution is 2.32. The number of hydrogen-bond acceptors (Lipinski definition) is 4. The molecular weight excluding hydrogens is 288 g/mol. The maximum atomic E-state index is 12.4. The molecule has 5 nitrogen and oxygen atoms in total. The molecule has 2 atom stereocenters. The number of benzene rings is 1. The van der Waals surface area contributed by atoms with Crippen LogP contribution in [0.15, 0.2) is 23.1 Å². The minimum absolute atomic E-state index is 0.0590. The summed E-state index contributed by atoms with van der Waals surface area (Å²) in [5.74, 6) is 0.423. The van der Waals surface area contributed by atoms with Gasteiger partial charge in [0, 0.05) is 12.2 Å². The van der Waals surface area contributed by atoms with Gasteiger partial charge in [-0.15, -0.1) is 0 Å². The molecule has 0 spiro atoms. The van der Waals surface area contributed by atoms with Gasteiger partial charge in [0.1, 0.15) is 0 Å². The normalized spacial score (nSPS) is 26.7. The van der Waals surface area contributed by atoms with E-state index >= 15 is 0 Å². The molecule has 2 unspecified atom stereocenters. The highest BCUT2D eigenvalue weighted by molar-refractivity contribution is 7.89. The monoisotopic (exact) mass is 312 g/mol. The summed E-state index contributed by atoms with van der Waals surface area (Å²) in [6.07, 6.45) is 3.29. The van der Waals surface area contributed by atoms with Crippen LogP contribution in [-0.4, -0.2) is 25.7 Å². The number of aryl methyl sites for hydroxylation is 1. The Morgan fingerprint density at radius 3 is 2.81 bits per heavy atom. The molecule has 1 saturated carbocycles. The zero-order chi connectivity index (χ0) is 15.7. The largest absolute Gasteiger partial charge is 0.399 e. The molecule has 6 heteroatoms. The van der Waals surface area contributed by atoms with Gasteiger partial charge in [-0.05, 0) is 49.4 Å². The third-order valence-electron chi connectivity index (χ3n) is 4.15. The molecule has 1 aliphatic carbocycles. The third kappa shape index (κ3) is 3.96. The summed E-state index contributed by atoms with van der Waals surface area (Å²) in [6, 6.07) is 4.70. The van der Waals surface area contributed by atoms with Gasteiger partial charge in [-0.1, -0.05) is 19.8 Å². The minimum atomic E-state index is -3.63. The first-order valence-corrected chi connectivity index (χ1v) is 8.78. The zero-order valence-electron chi connectivity index (χ0n) is 12.6. The smallest absolute Gasteiger partial charge is 0.240 e. The fourth-order valence-electron chi connectivity index (χ4n) is 3.07. The molecule has 0 amide bonds. The van der Waals surface area contributed by atoms with Crippen molar-refractivity contribution in [2.45, 2.75) is 50.0 Å². The lowest BCUT2D eigenvalue weighted by atomic mass is 9.79. The van der Waals surface area contributed by atoms with Crippen molar-refractivity contribution in [1.29, 1.82) is 0 Å². The van der Waals surface area contributed by atoms with Gasteiger partial charge in [0.05, 0.1) is 10.5 Å². The van der Waals surface area contributed by atoms with E-state index in [1.165, 1.54) is 6.07 Å². The molecular formula is C15H24N2O3S. The van der Waals surface area contributed by atoms with Gasteiger partial charge in [0.2, 0.25) is 10.0 Å². The van der Waals surface area contributed by atoms with Crippen molar-refractivity contribution >= 4 is 15.7 Å². The van der Waals surface area contributed by atoms with Crippen LogP contribution in [0.25, 0.3) is 0 Å². The Hall–Kier alpha value is -1.11. The van der Waals surface area contributed by atoms with Crippen molar-refractivity contribution in [3.8, 4) is 0 Å². The summed E-state index contributed by atoms with van der Waals surface area (Å²) in [5, 5.41) is 10.5. The topological polar surface area (TPSA) is 92.4 Å². The van der Waals surface area contributed by atoms with Crippen LogP contribution in [-0.2, 0) is 10.0 Å². The second kappa shape index (κ2) is 5.94. The highest BCUT2D eigenvalue weighted by Gasteiger charge is 2.34. The Morgan fingerprint density at radius 1 is 1.48 bits per heavy atom. The predicted molar refractivity (Wildman–Crippen MR) is 83.4 cm³/mol. The average Bonchev–Trinajstić information content (AvgIpc) is 2.36. The third-order valence-corrected chi connectivity index (χ3v) is 5.71. The molecule has 0 radical (unpaired) electrons. The number of sulfonamides is 1. The minimum Gasteiger partial charge on any atom is -0.399 e. The first-order valence-electron chi connectivity index (χ1n) is 7.30. The number of aliphatic hydroxyl groups is 1. The van der Waals surface area contributed by atoms with Crippen LogP contribution in [0.4, 0.5) is 5.69 Å². The SMILES string of the molecule is Cc1cc(N)ccc1S(=O)(=O)NCC1(O)CCCC(C)C1. The van der Waals surface area contributed by atoms with Gasteiger partial charge in [0.25, 0.3) is 0 Å². The second-order valence-corrected chi connectivity index (χ2v) is 8.01. The lowest BCUT2D eigenvalue weighted by Crippen LogP contribution is -2.45. The molecule has 0 saturated heterocycles. The van der Waals surface area contributed by atoms with Gasteiger partial charge in [-0.25, -0.2) is 13.1 Å². The lowest BCUT2D eigenvalue weighted by molar-refractivity contribution is -0.00751. The molecule has 1 aromatic carbocycles. The van der Waals surface area contributed by atoms with Crippen LogP contribution in [0.2, 0.25) is 0 Å². The summed E-state index contributed by atoms with van der Waals surface area (Å²) >= 11 is 0. The molecule has 1 aliphatic rings. The standard InChI is InChI=1S/C15H24N2O3S/c1-11-4-3-7-15(18,9-11)10-17-21(19,20)14-6-5-13(16)8-12(14)2/h5-6,8,11,17-18H,3-4,7,9-10,16H2,1-2H3. The van der Waals surface area contributed by atoms with Crippen LogP contribution >= 0.6 is 0 Å².